The van der Waals surface area contributed by atoms with E-state index in [0.717, 1.165) is 16.8 Å². The lowest BCUT2D eigenvalue weighted by Crippen LogP contribution is -2.21. The number of fused-ring (bicyclic) bond motifs is 4. The van der Waals surface area contributed by atoms with Gasteiger partial charge < -0.3 is 19.6 Å². The first-order valence-electron chi connectivity index (χ1n) is 8.58. The molecule has 5 rings (SSSR count). The monoisotopic (exact) mass is 357 g/mol. The Morgan fingerprint density at radius 3 is 2.85 bits per heavy atom. The molecule has 6 heteroatoms. The number of amides is 2. The summed E-state index contributed by atoms with van der Waals surface area (Å²) < 4.78 is 7.57. The molecule has 4 aromatic rings. The Kier molecular flexibility index (Phi) is 3.36. The van der Waals surface area contributed by atoms with Crippen LogP contribution in [-0.4, -0.2) is 16.4 Å². The molecule has 1 aliphatic heterocycles. The number of furan rings is 1. The van der Waals surface area contributed by atoms with Crippen molar-refractivity contribution in [3.63, 3.8) is 0 Å². The highest BCUT2D eigenvalue weighted by molar-refractivity contribution is 6.06. The van der Waals surface area contributed by atoms with Crippen LogP contribution in [0.1, 0.15) is 26.6 Å². The molecule has 0 aliphatic carbocycles. The molecule has 27 heavy (non-hydrogen) atoms. The van der Waals surface area contributed by atoms with E-state index in [1.165, 1.54) is 0 Å². The van der Waals surface area contributed by atoms with E-state index in [9.17, 15) is 9.59 Å². The normalized spacial score (nSPS) is 12.8. The number of para-hydroxylation sites is 1. The van der Waals surface area contributed by atoms with Gasteiger partial charge >= 0.3 is 0 Å². The van der Waals surface area contributed by atoms with Gasteiger partial charge in [0.1, 0.15) is 5.58 Å². The highest BCUT2D eigenvalue weighted by Gasteiger charge is 2.20. The highest BCUT2D eigenvalue weighted by atomic mass is 16.3. The van der Waals surface area contributed by atoms with E-state index < -0.39 is 0 Å². The Labute approximate surface area is 154 Å². The number of carbonyl (C=O) groups is 2. The molecule has 2 aromatic carbocycles. The van der Waals surface area contributed by atoms with E-state index in [2.05, 4.69) is 10.6 Å². The number of benzene rings is 2. The molecule has 2 aromatic heterocycles. The number of nitrogens with zero attached hydrogens (tertiary/aromatic N) is 1. The molecule has 0 saturated carbocycles. The minimum absolute atomic E-state index is 0.173. The van der Waals surface area contributed by atoms with E-state index in [0.29, 0.717) is 23.4 Å². The van der Waals surface area contributed by atoms with Crippen LogP contribution in [0, 0.1) is 0 Å². The number of anilines is 1. The maximum Gasteiger partial charge on any atom is 0.291 e. The van der Waals surface area contributed by atoms with Crippen molar-refractivity contribution in [2.45, 2.75) is 6.54 Å². The van der Waals surface area contributed by atoms with Crippen LogP contribution in [0.25, 0.3) is 16.7 Å². The Bertz CT molecular complexity index is 1170. The van der Waals surface area contributed by atoms with Crippen molar-refractivity contribution in [1.29, 1.82) is 0 Å². The lowest BCUT2D eigenvalue weighted by atomic mass is 10.1. The average molecular weight is 357 g/mol. The predicted octanol–water partition coefficient (Wildman–Crippen LogP) is 3.72. The number of carbonyl (C=O) groups excluding carboxylic acids is 2. The molecule has 1 aliphatic rings. The van der Waals surface area contributed by atoms with E-state index in [-0.39, 0.29) is 17.6 Å². The fourth-order valence-corrected chi connectivity index (χ4v) is 3.35. The van der Waals surface area contributed by atoms with Gasteiger partial charge in [-0.2, -0.15) is 0 Å². The number of rotatable bonds is 2. The zero-order valence-electron chi connectivity index (χ0n) is 14.2. The average Bonchev–Trinajstić information content (AvgIpc) is 3.30. The highest BCUT2D eigenvalue weighted by Crippen LogP contribution is 2.25. The molecule has 0 radical (unpaired) electrons. The van der Waals surface area contributed by atoms with Crippen molar-refractivity contribution in [3.05, 3.63) is 83.9 Å². The van der Waals surface area contributed by atoms with Crippen molar-refractivity contribution >= 4 is 28.5 Å². The molecule has 0 fully saturated rings. The first kappa shape index (κ1) is 15.5. The van der Waals surface area contributed by atoms with E-state index in [1.54, 1.807) is 18.2 Å². The molecule has 0 unspecified atom stereocenters. The van der Waals surface area contributed by atoms with Crippen molar-refractivity contribution in [2.75, 3.05) is 5.32 Å². The third kappa shape index (κ3) is 2.58. The number of hydrogen-bond donors (Lipinski definition) is 2. The van der Waals surface area contributed by atoms with Gasteiger partial charge in [0.15, 0.2) is 5.76 Å². The Morgan fingerprint density at radius 1 is 1.07 bits per heavy atom. The van der Waals surface area contributed by atoms with Crippen LogP contribution in [-0.2, 0) is 6.54 Å². The Balaban J connectivity index is 1.48. The quantitative estimate of drug-likeness (QED) is 0.574. The maximum absolute atomic E-state index is 12.5. The van der Waals surface area contributed by atoms with Crippen LogP contribution in [0.3, 0.4) is 0 Å². The minimum Gasteiger partial charge on any atom is -0.451 e. The molecular formula is C21H15N3O3. The predicted molar refractivity (Wildman–Crippen MR) is 101 cm³/mol. The summed E-state index contributed by atoms with van der Waals surface area (Å²) in [7, 11) is 0. The Morgan fingerprint density at radius 2 is 1.96 bits per heavy atom. The molecular weight excluding hydrogens is 342 g/mol. The van der Waals surface area contributed by atoms with Gasteiger partial charge in [0.25, 0.3) is 11.8 Å². The SMILES string of the molecule is O=C(Nc1ccc2c(c1)C(=O)NCc1cccn1-2)c1cc2ccccc2o1. The Hall–Kier alpha value is -3.80. The molecule has 132 valence electrons. The second-order valence-electron chi connectivity index (χ2n) is 6.39. The summed E-state index contributed by atoms with van der Waals surface area (Å²) >= 11 is 0. The largest absolute Gasteiger partial charge is 0.451 e. The summed E-state index contributed by atoms with van der Waals surface area (Å²) in [6.07, 6.45) is 1.92. The standard InChI is InChI=1S/C21H15N3O3/c25-20-16-11-14(7-8-17(16)24-9-3-5-15(24)12-22-20)23-21(26)19-10-13-4-1-2-6-18(13)27-19/h1-11H,12H2,(H,22,25)(H,23,26). The van der Waals surface area contributed by atoms with Crippen LogP contribution in [0.4, 0.5) is 5.69 Å². The molecule has 0 atom stereocenters. The van der Waals surface area contributed by atoms with Gasteiger partial charge in [-0.3, -0.25) is 9.59 Å². The summed E-state index contributed by atoms with van der Waals surface area (Å²) in [4.78, 5) is 25.0. The summed E-state index contributed by atoms with van der Waals surface area (Å²) in [6.45, 7) is 0.460. The summed E-state index contributed by atoms with van der Waals surface area (Å²) in [5.74, 6) is -0.307. The van der Waals surface area contributed by atoms with Gasteiger partial charge in [-0.1, -0.05) is 18.2 Å². The van der Waals surface area contributed by atoms with Crippen LogP contribution >= 0.6 is 0 Å². The molecule has 6 nitrogen and oxygen atoms in total. The van der Waals surface area contributed by atoms with Gasteiger partial charge in [-0.05, 0) is 42.5 Å². The van der Waals surface area contributed by atoms with Crippen LogP contribution in [0.5, 0.6) is 0 Å². The van der Waals surface area contributed by atoms with Crippen LogP contribution in [0.2, 0.25) is 0 Å². The number of nitrogens with one attached hydrogen (secondary N) is 2. The molecule has 2 N–H and O–H groups in total. The number of hydrogen-bond acceptors (Lipinski definition) is 3. The van der Waals surface area contributed by atoms with Gasteiger partial charge in [0.05, 0.1) is 17.8 Å². The first-order chi connectivity index (χ1) is 13.2. The third-order valence-electron chi connectivity index (χ3n) is 4.67. The van der Waals surface area contributed by atoms with E-state index in [1.807, 2.05) is 53.2 Å². The zero-order chi connectivity index (χ0) is 18.4. The molecule has 0 saturated heterocycles. The van der Waals surface area contributed by atoms with E-state index in [4.69, 9.17) is 4.42 Å². The van der Waals surface area contributed by atoms with Crippen molar-refractivity contribution < 1.29 is 14.0 Å². The topological polar surface area (TPSA) is 76.3 Å². The van der Waals surface area contributed by atoms with Gasteiger partial charge in [0, 0.05) is 23.0 Å². The second-order valence-corrected chi connectivity index (χ2v) is 6.39. The van der Waals surface area contributed by atoms with Gasteiger partial charge in [-0.25, -0.2) is 0 Å². The smallest absolute Gasteiger partial charge is 0.291 e. The van der Waals surface area contributed by atoms with Crippen LogP contribution < -0.4 is 10.6 Å². The lowest BCUT2D eigenvalue weighted by molar-refractivity contribution is 0.0951. The molecule has 2 amide bonds. The fraction of sp³-hybridized carbons (Fsp3) is 0.0476. The maximum atomic E-state index is 12.5. The minimum atomic E-state index is -0.359. The first-order valence-corrected chi connectivity index (χ1v) is 8.58. The third-order valence-corrected chi connectivity index (χ3v) is 4.67. The zero-order valence-corrected chi connectivity index (χ0v) is 14.2. The van der Waals surface area contributed by atoms with Crippen molar-refractivity contribution in [1.82, 2.24) is 9.88 Å². The number of aromatic nitrogens is 1. The van der Waals surface area contributed by atoms with Crippen molar-refractivity contribution in [3.8, 4) is 5.69 Å². The molecule has 3 heterocycles. The van der Waals surface area contributed by atoms with Crippen molar-refractivity contribution in [2.24, 2.45) is 0 Å². The fourth-order valence-electron chi connectivity index (χ4n) is 3.35. The summed E-state index contributed by atoms with van der Waals surface area (Å²) in [6, 6.07) is 18.3. The van der Waals surface area contributed by atoms with E-state index >= 15 is 0 Å². The van der Waals surface area contributed by atoms with Gasteiger partial charge in [0.2, 0.25) is 0 Å². The summed E-state index contributed by atoms with van der Waals surface area (Å²) in [5, 5.41) is 6.55. The summed E-state index contributed by atoms with van der Waals surface area (Å²) in [5.41, 5.74) is 3.48. The molecule has 0 bridgehead atoms. The second kappa shape index (κ2) is 5.88. The van der Waals surface area contributed by atoms with Crippen LogP contribution in [0.15, 0.2) is 71.3 Å². The lowest BCUT2D eigenvalue weighted by Gasteiger charge is -2.11. The van der Waals surface area contributed by atoms with Gasteiger partial charge in [-0.15, -0.1) is 0 Å². The molecule has 0 spiro atoms.